The van der Waals surface area contributed by atoms with E-state index in [4.69, 9.17) is 4.74 Å². The lowest BCUT2D eigenvalue weighted by Crippen LogP contribution is -2.25. The number of hydrogen-bond donors (Lipinski definition) is 1. The van der Waals surface area contributed by atoms with Gasteiger partial charge in [-0.3, -0.25) is 14.7 Å². The van der Waals surface area contributed by atoms with Gasteiger partial charge < -0.3 is 10.1 Å². The molecule has 2 aromatic carbocycles. The molecular formula is C26H24FN3O2. The SMILES string of the molecule is O=C(Nc1ccc2c(c1)OCC(CN1CCCC1)=C2)c1ccc(-c2ccc(F)cc2)nc1. The van der Waals surface area contributed by atoms with Crippen LogP contribution in [0.15, 0.2) is 66.4 Å². The Morgan fingerprint density at radius 3 is 2.62 bits per heavy atom. The highest BCUT2D eigenvalue weighted by molar-refractivity contribution is 6.04. The Balaban J connectivity index is 1.25. The molecule has 0 aliphatic carbocycles. The second-order valence-electron chi connectivity index (χ2n) is 8.22. The quantitative estimate of drug-likeness (QED) is 0.619. The number of carbonyl (C=O) groups is 1. The minimum Gasteiger partial charge on any atom is -0.488 e. The molecule has 2 aliphatic heterocycles. The summed E-state index contributed by atoms with van der Waals surface area (Å²) < 4.78 is 19.1. The van der Waals surface area contributed by atoms with Gasteiger partial charge in [0.05, 0.1) is 11.3 Å². The summed E-state index contributed by atoms with van der Waals surface area (Å²) in [6.45, 7) is 3.86. The van der Waals surface area contributed by atoms with Crippen molar-refractivity contribution in [2.75, 3.05) is 31.6 Å². The Kier molecular flexibility index (Phi) is 5.69. The van der Waals surface area contributed by atoms with E-state index in [2.05, 4.69) is 21.3 Å². The molecule has 5 nitrogen and oxygen atoms in total. The number of ether oxygens (including phenoxy) is 1. The number of anilines is 1. The monoisotopic (exact) mass is 429 g/mol. The van der Waals surface area contributed by atoms with Crippen molar-refractivity contribution < 1.29 is 13.9 Å². The lowest BCUT2D eigenvalue weighted by atomic mass is 10.1. The van der Waals surface area contributed by atoms with Crippen LogP contribution in [0.5, 0.6) is 5.75 Å². The van der Waals surface area contributed by atoms with Crippen LogP contribution in [0.25, 0.3) is 17.3 Å². The van der Waals surface area contributed by atoms with Crippen LogP contribution in [0, 0.1) is 5.82 Å². The Labute approximate surface area is 186 Å². The maximum absolute atomic E-state index is 13.1. The van der Waals surface area contributed by atoms with E-state index in [1.165, 1.54) is 36.7 Å². The summed E-state index contributed by atoms with van der Waals surface area (Å²) in [6, 6.07) is 15.3. The van der Waals surface area contributed by atoms with E-state index in [1.54, 1.807) is 24.3 Å². The summed E-state index contributed by atoms with van der Waals surface area (Å²) in [5, 5.41) is 2.91. The van der Waals surface area contributed by atoms with Gasteiger partial charge in [-0.25, -0.2) is 4.39 Å². The van der Waals surface area contributed by atoms with Crippen molar-refractivity contribution >= 4 is 17.7 Å². The predicted molar refractivity (Wildman–Crippen MR) is 123 cm³/mol. The molecule has 6 heteroatoms. The normalized spacial score (nSPS) is 15.6. The van der Waals surface area contributed by atoms with Crippen LogP contribution in [0.3, 0.4) is 0 Å². The topological polar surface area (TPSA) is 54.5 Å². The molecule has 1 fully saturated rings. The van der Waals surface area contributed by atoms with Gasteiger partial charge in [0.1, 0.15) is 18.2 Å². The van der Waals surface area contributed by atoms with Gasteiger partial charge in [-0.1, -0.05) is 0 Å². The van der Waals surface area contributed by atoms with Gasteiger partial charge in [-0.05, 0) is 86.1 Å². The van der Waals surface area contributed by atoms with Crippen LogP contribution in [-0.4, -0.2) is 42.0 Å². The number of rotatable bonds is 5. The zero-order valence-electron chi connectivity index (χ0n) is 17.7. The average Bonchev–Trinajstić information content (AvgIpc) is 3.33. The summed E-state index contributed by atoms with van der Waals surface area (Å²) >= 11 is 0. The molecule has 0 radical (unpaired) electrons. The Morgan fingerprint density at radius 1 is 1.06 bits per heavy atom. The third kappa shape index (κ3) is 4.55. The van der Waals surface area contributed by atoms with Crippen LogP contribution in [0.1, 0.15) is 28.8 Å². The van der Waals surface area contributed by atoms with Crippen LogP contribution < -0.4 is 10.1 Å². The highest BCUT2D eigenvalue weighted by Crippen LogP contribution is 2.30. The second-order valence-corrected chi connectivity index (χ2v) is 8.22. The van der Waals surface area contributed by atoms with Gasteiger partial charge in [0.15, 0.2) is 0 Å². The first kappa shape index (κ1) is 20.4. The highest BCUT2D eigenvalue weighted by Gasteiger charge is 2.18. The molecule has 0 bridgehead atoms. The molecule has 1 N–H and O–H groups in total. The van der Waals surface area contributed by atoms with Crippen molar-refractivity contribution in [1.29, 1.82) is 0 Å². The molecule has 3 aromatic rings. The summed E-state index contributed by atoms with van der Waals surface area (Å²) in [5.74, 6) is 0.235. The number of carbonyl (C=O) groups excluding carboxylic acids is 1. The summed E-state index contributed by atoms with van der Waals surface area (Å²) in [5.41, 5.74) is 4.91. The molecule has 0 unspecified atom stereocenters. The van der Waals surface area contributed by atoms with E-state index in [1.807, 2.05) is 18.2 Å². The van der Waals surface area contributed by atoms with E-state index in [0.29, 0.717) is 23.6 Å². The Hall–Kier alpha value is -3.51. The lowest BCUT2D eigenvalue weighted by molar-refractivity contribution is 0.102. The summed E-state index contributed by atoms with van der Waals surface area (Å²) in [4.78, 5) is 19.5. The number of amides is 1. The molecule has 3 heterocycles. The van der Waals surface area contributed by atoms with Crippen LogP contribution in [0.4, 0.5) is 10.1 Å². The van der Waals surface area contributed by atoms with Crippen LogP contribution >= 0.6 is 0 Å². The van der Waals surface area contributed by atoms with Crippen molar-refractivity contribution in [2.24, 2.45) is 0 Å². The molecule has 0 atom stereocenters. The van der Waals surface area contributed by atoms with E-state index in [0.717, 1.165) is 36.5 Å². The number of likely N-dealkylation sites (tertiary alicyclic amines) is 1. The minimum atomic E-state index is -0.294. The number of aromatic nitrogens is 1. The lowest BCUT2D eigenvalue weighted by Gasteiger charge is -2.22. The van der Waals surface area contributed by atoms with Crippen molar-refractivity contribution in [3.8, 4) is 17.0 Å². The molecule has 0 spiro atoms. The van der Waals surface area contributed by atoms with Crippen molar-refractivity contribution in [3.05, 3.63) is 83.3 Å². The van der Waals surface area contributed by atoms with E-state index in [9.17, 15) is 9.18 Å². The van der Waals surface area contributed by atoms with Crippen molar-refractivity contribution in [3.63, 3.8) is 0 Å². The van der Waals surface area contributed by atoms with Crippen LogP contribution in [-0.2, 0) is 0 Å². The van der Waals surface area contributed by atoms with Crippen molar-refractivity contribution in [1.82, 2.24) is 9.88 Å². The van der Waals surface area contributed by atoms with E-state index in [-0.39, 0.29) is 11.7 Å². The average molecular weight is 429 g/mol. The van der Waals surface area contributed by atoms with Gasteiger partial charge in [0, 0.05) is 35.6 Å². The number of nitrogens with zero attached hydrogens (tertiary/aromatic N) is 2. The Bertz CT molecular complexity index is 1150. The van der Waals surface area contributed by atoms with Gasteiger partial charge >= 0.3 is 0 Å². The number of halogens is 1. The first-order valence-corrected chi connectivity index (χ1v) is 10.9. The molecule has 0 saturated carbocycles. The fourth-order valence-corrected chi connectivity index (χ4v) is 4.13. The smallest absolute Gasteiger partial charge is 0.257 e. The fraction of sp³-hybridized carbons (Fsp3) is 0.231. The maximum Gasteiger partial charge on any atom is 0.257 e. The molecule has 1 aromatic heterocycles. The largest absolute Gasteiger partial charge is 0.488 e. The van der Waals surface area contributed by atoms with E-state index < -0.39 is 0 Å². The molecule has 162 valence electrons. The zero-order chi connectivity index (χ0) is 21.9. The molecular weight excluding hydrogens is 405 g/mol. The number of hydrogen-bond acceptors (Lipinski definition) is 4. The molecule has 32 heavy (non-hydrogen) atoms. The summed E-state index contributed by atoms with van der Waals surface area (Å²) in [7, 11) is 0. The minimum absolute atomic E-state index is 0.246. The third-order valence-electron chi connectivity index (χ3n) is 5.84. The molecule has 5 rings (SSSR count). The number of nitrogens with one attached hydrogen (secondary N) is 1. The molecule has 2 aliphatic rings. The molecule has 1 saturated heterocycles. The first-order chi connectivity index (χ1) is 15.6. The number of benzene rings is 2. The maximum atomic E-state index is 13.1. The first-order valence-electron chi connectivity index (χ1n) is 10.9. The molecule has 1 amide bonds. The standard InChI is InChI=1S/C26H24FN3O2/c27-22-7-3-19(4-8-22)24-10-6-21(15-28-24)26(31)29-23-9-5-20-13-18(17-32-25(20)14-23)16-30-11-1-2-12-30/h3-10,13-15H,1-2,11-12,16-17H2,(H,29,31). The fourth-order valence-electron chi connectivity index (χ4n) is 4.13. The number of fused-ring (bicyclic) bond motifs is 1. The van der Waals surface area contributed by atoms with Gasteiger partial charge in [0.25, 0.3) is 5.91 Å². The van der Waals surface area contributed by atoms with Gasteiger partial charge in [-0.2, -0.15) is 0 Å². The van der Waals surface area contributed by atoms with Crippen LogP contribution in [0.2, 0.25) is 0 Å². The second kappa shape index (κ2) is 8.93. The van der Waals surface area contributed by atoms with Crippen molar-refractivity contribution in [2.45, 2.75) is 12.8 Å². The van der Waals surface area contributed by atoms with Gasteiger partial charge in [-0.15, -0.1) is 0 Å². The highest BCUT2D eigenvalue weighted by atomic mass is 19.1. The zero-order valence-corrected chi connectivity index (χ0v) is 17.7. The summed E-state index contributed by atoms with van der Waals surface area (Å²) in [6.07, 6.45) is 6.27. The van der Waals surface area contributed by atoms with Gasteiger partial charge in [0.2, 0.25) is 0 Å². The van der Waals surface area contributed by atoms with E-state index >= 15 is 0 Å². The number of pyridine rings is 1. The Morgan fingerprint density at radius 2 is 1.88 bits per heavy atom. The third-order valence-corrected chi connectivity index (χ3v) is 5.84. The predicted octanol–water partition coefficient (Wildman–Crippen LogP) is 5.01.